The van der Waals surface area contributed by atoms with E-state index in [0.717, 1.165) is 16.6 Å². The number of hydrogen-bond acceptors (Lipinski definition) is 2. The molecule has 0 aliphatic heterocycles. The third-order valence-electron chi connectivity index (χ3n) is 3.49. The van der Waals surface area contributed by atoms with Crippen LogP contribution in [0, 0.1) is 0 Å². The summed E-state index contributed by atoms with van der Waals surface area (Å²) in [6, 6.07) is 19.5. The van der Waals surface area contributed by atoms with Crippen LogP contribution in [-0.2, 0) is 0 Å². The van der Waals surface area contributed by atoms with E-state index in [-0.39, 0.29) is 5.63 Å². The van der Waals surface area contributed by atoms with Gasteiger partial charge in [-0.3, -0.25) is 4.40 Å². The van der Waals surface area contributed by atoms with Gasteiger partial charge in [-0.15, -0.1) is 0 Å². The van der Waals surface area contributed by atoms with E-state index in [1.165, 1.54) is 0 Å². The molecule has 0 saturated carbocycles. The summed E-state index contributed by atoms with van der Waals surface area (Å²) >= 11 is 0. The lowest BCUT2D eigenvalue weighted by molar-refractivity contribution is 0.549. The van der Waals surface area contributed by atoms with Crippen LogP contribution in [-0.4, -0.2) is 4.40 Å². The first-order chi connectivity index (χ1) is 9.83. The molecule has 3 nitrogen and oxygen atoms in total. The van der Waals surface area contributed by atoms with E-state index >= 15 is 0 Å². The first-order valence-electron chi connectivity index (χ1n) is 6.42. The molecule has 2 aromatic carbocycles. The monoisotopic (exact) mass is 261 g/mol. The van der Waals surface area contributed by atoms with E-state index in [9.17, 15) is 4.79 Å². The van der Waals surface area contributed by atoms with Crippen molar-refractivity contribution in [2.75, 3.05) is 0 Å². The fourth-order valence-corrected chi connectivity index (χ4v) is 2.52. The van der Waals surface area contributed by atoms with Crippen LogP contribution < -0.4 is 5.63 Å². The second-order valence-corrected chi connectivity index (χ2v) is 4.70. The third-order valence-corrected chi connectivity index (χ3v) is 3.49. The van der Waals surface area contributed by atoms with Gasteiger partial charge in [-0.05, 0) is 29.3 Å². The highest BCUT2D eigenvalue weighted by Gasteiger charge is 2.08. The quantitative estimate of drug-likeness (QED) is 0.523. The predicted octanol–water partition coefficient (Wildman–Crippen LogP) is 3.71. The molecule has 0 spiro atoms. The first kappa shape index (κ1) is 11.1. The second-order valence-electron chi connectivity index (χ2n) is 4.70. The molecule has 2 aromatic heterocycles. The molecule has 0 N–H and O–H groups in total. The SMILES string of the molecule is O=c1oc2cccn2c2ccc(-c3ccccc3)cc12. The Morgan fingerprint density at radius 2 is 1.70 bits per heavy atom. The van der Waals surface area contributed by atoms with Gasteiger partial charge in [0.05, 0.1) is 10.9 Å². The summed E-state index contributed by atoms with van der Waals surface area (Å²) in [6.45, 7) is 0. The van der Waals surface area contributed by atoms with Crippen molar-refractivity contribution in [1.82, 2.24) is 4.40 Å². The van der Waals surface area contributed by atoms with Crippen LogP contribution in [0.4, 0.5) is 0 Å². The van der Waals surface area contributed by atoms with Crippen molar-refractivity contribution in [3.63, 3.8) is 0 Å². The largest absolute Gasteiger partial charge is 0.405 e. The van der Waals surface area contributed by atoms with Crippen LogP contribution in [0.2, 0.25) is 0 Å². The van der Waals surface area contributed by atoms with Gasteiger partial charge in [0.15, 0.2) is 0 Å². The third kappa shape index (κ3) is 1.57. The molecule has 4 rings (SSSR count). The lowest BCUT2D eigenvalue weighted by atomic mass is 10.0. The lowest BCUT2D eigenvalue weighted by Crippen LogP contribution is -2.03. The topological polar surface area (TPSA) is 34.6 Å². The number of nitrogens with zero attached hydrogens (tertiary/aromatic N) is 1. The van der Waals surface area contributed by atoms with Crippen LogP contribution >= 0.6 is 0 Å². The molecule has 0 atom stereocenters. The smallest absolute Gasteiger partial charge is 0.346 e. The van der Waals surface area contributed by atoms with E-state index in [0.29, 0.717) is 11.1 Å². The highest BCUT2D eigenvalue weighted by atomic mass is 16.4. The van der Waals surface area contributed by atoms with Gasteiger partial charge in [-0.2, -0.15) is 0 Å². The summed E-state index contributed by atoms with van der Waals surface area (Å²) in [6.07, 6.45) is 1.89. The average Bonchev–Trinajstić information content (AvgIpc) is 2.96. The van der Waals surface area contributed by atoms with Crippen molar-refractivity contribution in [2.45, 2.75) is 0 Å². The van der Waals surface area contributed by atoms with Crippen LogP contribution in [0.25, 0.3) is 27.7 Å². The zero-order valence-corrected chi connectivity index (χ0v) is 10.6. The van der Waals surface area contributed by atoms with E-state index in [4.69, 9.17) is 4.42 Å². The minimum atomic E-state index is -0.302. The Balaban J connectivity index is 2.07. The molecule has 4 aromatic rings. The summed E-state index contributed by atoms with van der Waals surface area (Å²) in [5.41, 5.74) is 3.22. The molecule has 0 aliphatic rings. The predicted molar refractivity (Wildman–Crippen MR) is 78.9 cm³/mol. The van der Waals surface area contributed by atoms with Crippen molar-refractivity contribution >= 4 is 16.6 Å². The minimum absolute atomic E-state index is 0.302. The first-order valence-corrected chi connectivity index (χ1v) is 6.42. The summed E-state index contributed by atoms with van der Waals surface area (Å²) in [5.74, 6) is 0. The van der Waals surface area contributed by atoms with Crippen molar-refractivity contribution in [1.29, 1.82) is 0 Å². The van der Waals surface area contributed by atoms with E-state index < -0.39 is 0 Å². The van der Waals surface area contributed by atoms with E-state index in [1.54, 1.807) is 6.07 Å². The van der Waals surface area contributed by atoms with Gasteiger partial charge >= 0.3 is 5.63 Å². The maximum Gasteiger partial charge on any atom is 0.346 e. The van der Waals surface area contributed by atoms with Gasteiger partial charge in [-0.25, -0.2) is 4.79 Å². The Kier molecular flexibility index (Phi) is 2.27. The van der Waals surface area contributed by atoms with Crippen molar-refractivity contribution < 1.29 is 4.42 Å². The summed E-state index contributed by atoms with van der Waals surface area (Å²) in [4.78, 5) is 12.1. The number of fused-ring (bicyclic) bond motifs is 3. The summed E-state index contributed by atoms with van der Waals surface area (Å²) in [5, 5.41) is 0.593. The standard InChI is InChI=1S/C17H11NO2/c19-17-14-11-13(12-5-2-1-3-6-12)8-9-15(14)18-10-4-7-16(18)20-17/h1-11H. The van der Waals surface area contributed by atoms with Crippen LogP contribution in [0.5, 0.6) is 0 Å². The Labute approximate surface area is 114 Å². The van der Waals surface area contributed by atoms with Crippen LogP contribution in [0.1, 0.15) is 0 Å². The second kappa shape index (κ2) is 4.10. The molecular formula is C17H11NO2. The fraction of sp³-hybridized carbons (Fsp3) is 0. The average molecular weight is 261 g/mol. The van der Waals surface area contributed by atoms with Gasteiger partial charge < -0.3 is 4.42 Å². The molecule has 96 valence electrons. The molecule has 0 unspecified atom stereocenters. The van der Waals surface area contributed by atoms with Crippen molar-refractivity contribution in [3.05, 3.63) is 77.3 Å². The van der Waals surface area contributed by atoms with Gasteiger partial charge in [0.2, 0.25) is 5.71 Å². The number of hydrogen-bond donors (Lipinski definition) is 0. The number of benzene rings is 2. The summed E-state index contributed by atoms with van der Waals surface area (Å²) < 4.78 is 7.19. The minimum Gasteiger partial charge on any atom is -0.405 e. The number of aromatic nitrogens is 1. The molecule has 0 amide bonds. The van der Waals surface area contributed by atoms with Gasteiger partial charge in [-0.1, -0.05) is 36.4 Å². The van der Waals surface area contributed by atoms with E-state index in [1.807, 2.05) is 65.2 Å². The molecule has 0 radical (unpaired) electrons. The molecule has 20 heavy (non-hydrogen) atoms. The molecule has 0 bridgehead atoms. The summed E-state index contributed by atoms with van der Waals surface area (Å²) in [7, 11) is 0. The van der Waals surface area contributed by atoms with Gasteiger partial charge in [0.25, 0.3) is 0 Å². The van der Waals surface area contributed by atoms with Gasteiger partial charge in [0, 0.05) is 12.3 Å². The van der Waals surface area contributed by atoms with E-state index in [2.05, 4.69) is 0 Å². The molecule has 3 heteroatoms. The highest BCUT2D eigenvalue weighted by Crippen LogP contribution is 2.23. The molecule has 0 saturated heterocycles. The molecule has 2 heterocycles. The Hall–Kier alpha value is -2.81. The Bertz CT molecular complexity index is 965. The lowest BCUT2D eigenvalue weighted by Gasteiger charge is -2.05. The molecular weight excluding hydrogens is 250 g/mol. The maximum atomic E-state index is 12.1. The highest BCUT2D eigenvalue weighted by molar-refractivity contribution is 5.85. The van der Waals surface area contributed by atoms with Gasteiger partial charge in [0.1, 0.15) is 0 Å². The Morgan fingerprint density at radius 1 is 0.850 bits per heavy atom. The molecule has 0 aliphatic carbocycles. The maximum absolute atomic E-state index is 12.1. The van der Waals surface area contributed by atoms with Crippen molar-refractivity contribution in [2.24, 2.45) is 0 Å². The Morgan fingerprint density at radius 3 is 2.55 bits per heavy atom. The fourth-order valence-electron chi connectivity index (χ4n) is 2.52. The van der Waals surface area contributed by atoms with Crippen LogP contribution in [0.15, 0.2) is 76.1 Å². The van der Waals surface area contributed by atoms with Crippen molar-refractivity contribution in [3.8, 4) is 11.1 Å². The van der Waals surface area contributed by atoms with Crippen LogP contribution in [0.3, 0.4) is 0 Å². The number of rotatable bonds is 1. The molecule has 0 fully saturated rings. The zero-order valence-electron chi connectivity index (χ0n) is 10.6. The normalized spacial score (nSPS) is 11.2. The zero-order chi connectivity index (χ0) is 13.5.